The molecule has 0 rings (SSSR count). The Bertz CT molecular complexity index is 108. The number of halogens is 1. The molecule has 0 saturated heterocycles. The van der Waals surface area contributed by atoms with Crippen molar-refractivity contribution in [3.8, 4) is 0 Å². The van der Waals surface area contributed by atoms with Gasteiger partial charge in [0.15, 0.2) is 0 Å². The topological polar surface area (TPSA) is 0 Å². The molecule has 0 atom stereocenters. The van der Waals surface area contributed by atoms with Crippen molar-refractivity contribution < 1.29 is 0 Å². The number of hydrogen-bond acceptors (Lipinski definition) is 0. The molecule has 0 aliphatic carbocycles. The molecule has 0 spiro atoms. The minimum absolute atomic E-state index is 1.33. The molecule has 0 bridgehead atoms. The number of rotatable bonds is 5. The van der Waals surface area contributed by atoms with Crippen LogP contribution in [0.15, 0.2) is 0 Å². The van der Waals surface area contributed by atoms with Gasteiger partial charge in [0.05, 0.1) is 0 Å². The van der Waals surface area contributed by atoms with E-state index in [-0.39, 0.29) is 0 Å². The quantitative estimate of drug-likeness (QED) is 0.629. The zero-order valence-electron chi connectivity index (χ0n) is 8.36. The maximum atomic E-state index is 4.08. The van der Waals surface area contributed by atoms with Gasteiger partial charge in [-0.1, -0.05) is 0 Å². The summed E-state index contributed by atoms with van der Waals surface area (Å²) in [6, 6.07) is 0. The molecule has 70 valence electrons. The molecule has 0 aliphatic heterocycles. The Morgan fingerprint density at radius 2 is 1.27 bits per heavy atom. The molecule has 0 radical (unpaired) electrons. The van der Waals surface area contributed by atoms with E-state index in [1.807, 2.05) is 0 Å². The molecule has 0 aromatic heterocycles. The summed E-state index contributed by atoms with van der Waals surface area (Å²) in [5.41, 5.74) is 0. The van der Waals surface area contributed by atoms with Crippen LogP contribution in [0.2, 0.25) is 0 Å². The Hall–Kier alpha value is 0.910. The van der Waals surface area contributed by atoms with Gasteiger partial charge in [0.25, 0.3) is 0 Å². The first kappa shape index (κ1) is 11.9. The van der Waals surface area contributed by atoms with E-state index in [9.17, 15) is 0 Å². The third-order valence-electron chi connectivity index (χ3n) is 3.15. The molecule has 0 N–H and O–H groups in total. The summed E-state index contributed by atoms with van der Waals surface area (Å²) >= 11 is 4.08. The first-order valence-corrected chi connectivity index (χ1v) is 9.76. The third kappa shape index (κ3) is 2.70. The Morgan fingerprint density at radius 1 is 0.909 bits per heavy atom. The fraction of sp³-hybridized carbons (Fsp3) is 1.00. The van der Waals surface area contributed by atoms with Crippen LogP contribution < -0.4 is 0 Å². The van der Waals surface area contributed by atoms with E-state index in [2.05, 4.69) is 43.2 Å². The monoisotopic (exact) mass is 240 g/mol. The van der Waals surface area contributed by atoms with Crippen molar-refractivity contribution in [3.05, 3.63) is 0 Å². The normalized spacial score (nSPS) is 15.9. The summed E-state index contributed by atoms with van der Waals surface area (Å²) < 4.78 is 0. The van der Waals surface area contributed by atoms with Crippen LogP contribution in [-0.2, 0) is 0 Å². The van der Waals surface area contributed by atoms with Gasteiger partial charge in [0.2, 0.25) is 0 Å². The maximum absolute atomic E-state index is 4.08. The van der Waals surface area contributed by atoms with Crippen molar-refractivity contribution in [1.29, 1.82) is 0 Å². The Kier molecular flexibility index (Phi) is 4.58. The van der Waals surface area contributed by atoms with Gasteiger partial charge in [-0.15, -0.1) is 0 Å². The molecule has 0 heterocycles. The minimum atomic E-state index is -1.37. The van der Waals surface area contributed by atoms with Gasteiger partial charge in [-0.25, -0.2) is 0 Å². The second kappa shape index (κ2) is 4.23. The van der Waals surface area contributed by atoms with Gasteiger partial charge >= 0.3 is 79.6 Å². The third-order valence-corrected chi connectivity index (χ3v) is 15.0. The van der Waals surface area contributed by atoms with Crippen LogP contribution in [0, 0.1) is 0 Å². The average molecular weight is 241 g/mol. The van der Waals surface area contributed by atoms with Crippen LogP contribution in [0.1, 0.15) is 34.1 Å². The van der Waals surface area contributed by atoms with Crippen molar-refractivity contribution in [2.45, 2.75) is 34.1 Å². The Balaban J connectivity index is 4.44. The van der Waals surface area contributed by atoms with Gasteiger partial charge < -0.3 is 0 Å². The second-order valence-electron chi connectivity index (χ2n) is 3.49. The van der Waals surface area contributed by atoms with Crippen LogP contribution in [0.4, 0.5) is 0 Å². The molecule has 2 heteroatoms. The van der Waals surface area contributed by atoms with E-state index >= 15 is 0 Å². The first-order valence-electron chi connectivity index (χ1n) is 4.76. The summed E-state index contributed by atoms with van der Waals surface area (Å²) in [5, 5.41) is -1.37. The molecular formula is C9H22BrP. The van der Waals surface area contributed by atoms with Gasteiger partial charge in [-0.05, 0) is 0 Å². The Labute approximate surface area is 79.8 Å². The van der Waals surface area contributed by atoms with Crippen LogP contribution in [0.3, 0.4) is 0 Å². The van der Waals surface area contributed by atoms with Crippen molar-refractivity contribution >= 4 is 20.8 Å². The second-order valence-corrected chi connectivity index (χ2v) is 15.5. The summed E-state index contributed by atoms with van der Waals surface area (Å²) in [6.07, 6.45) is 6.86. The molecule has 0 aliphatic rings. The van der Waals surface area contributed by atoms with Crippen molar-refractivity contribution in [2.24, 2.45) is 0 Å². The SMILES string of the molecule is CCCP(Br)(CC)(CC)CC. The number of hydrogen-bond donors (Lipinski definition) is 0. The first-order chi connectivity index (χ1) is 5.04. The molecule has 0 fully saturated rings. The van der Waals surface area contributed by atoms with Crippen LogP contribution in [0.25, 0.3) is 0 Å². The van der Waals surface area contributed by atoms with E-state index in [0.717, 1.165) is 0 Å². The molecule has 0 amide bonds. The van der Waals surface area contributed by atoms with Gasteiger partial charge in [-0.3, -0.25) is 0 Å². The van der Waals surface area contributed by atoms with Crippen molar-refractivity contribution in [1.82, 2.24) is 0 Å². The van der Waals surface area contributed by atoms with Crippen molar-refractivity contribution in [3.63, 3.8) is 0 Å². The summed E-state index contributed by atoms with van der Waals surface area (Å²) in [7, 11) is 0. The van der Waals surface area contributed by atoms with E-state index in [4.69, 9.17) is 0 Å². The molecule has 0 aromatic rings. The molecule has 0 unspecified atom stereocenters. The van der Waals surface area contributed by atoms with Gasteiger partial charge in [0.1, 0.15) is 0 Å². The van der Waals surface area contributed by atoms with Crippen LogP contribution >= 0.6 is 20.8 Å². The van der Waals surface area contributed by atoms with Crippen LogP contribution in [-0.4, -0.2) is 24.6 Å². The van der Waals surface area contributed by atoms with E-state index < -0.39 is 5.31 Å². The summed E-state index contributed by atoms with van der Waals surface area (Å²) in [5.74, 6) is 0. The molecular weight excluding hydrogens is 219 g/mol. The van der Waals surface area contributed by atoms with E-state index in [0.29, 0.717) is 0 Å². The Morgan fingerprint density at radius 3 is 1.36 bits per heavy atom. The standard InChI is InChI=1S/C9H22BrP/c1-5-9-11(10,6-2,7-3)8-4/h5-9H2,1-4H3. The zero-order valence-corrected chi connectivity index (χ0v) is 10.8. The van der Waals surface area contributed by atoms with Gasteiger partial charge in [0, 0.05) is 0 Å². The van der Waals surface area contributed by atoms with E-state index in [1.165, 1.54) is 31.1 Å². The average Bonchev–Trinajstić information content (AvgIpc) is 2.06. The predicted octanol–water partition coefficient (Wildman–Crippen LogP) is 4.32. The van der Waals surface area contributed by atoms with Crippen molar-refractivity contribution in [2.75, 3.05) is 24.6 Å². The predicted molar refractivity (Wildman–Crippen MR) is 62.6 cm³/mol. The zero-order chi connectivity index (χ0) is 8.98. The molecule has 0 nitrogen and oxygen atoms in total. The van der Waals surface area contributed by atoms with E-state index in [1.54, 1.807) is 0 Å². The molecule has 11 heavy (non-hydrogen) atoms. The fourth-order valence-electron chi connectivity index (χ4n) is 1.70. The fourth-order valence-corrected chi connectivity index (χ4v) is 6.18. The van der Waals surface area contributed by atoms with Crippen LogP contribution in [0.5, 0.6) is 0 Å². The molecule has 0 saturated carbocycles. The summed E-state index contributed by atoms with van der Waals surface area (Å²) in [4.78, 5) is 0. The summed E-state index contributed by atoms with van der Waals surface area (Å²) in [6.45, 7) is 9.32. The van der Waals surface area contributed by atoms with Gasteiger partial charge in [-0.2, -0.15) is 0 Å². The molecule has 0 aromatic carbocycles.